The largest absolute Gasteiger partial charge is 0.379 e. The van der Waals surface area contributed by atoms with Crippen LogP contribution in [0.5, 0.6) is 0 Å². The van der Waals surface area contributed by atoms with Crippen molar-refractivity contribution in [3.8, 4) is 0 Å². The SMILES string of the molecule is CC1CN(C(=O)c2nn(C)c3c2CCCC3)CC1N1CCOCC1. The number of ether oxygens (including phenoxy) is 1. The molecule has 0 aromatic carbocycles. The fourth-order valence-electron chi connectivity index (χ4n) is 4.59. The lowest BCUT2D eigenvalue weighted by Crippen LogP contribution is -2.47. The van der Waals surface area contributed by atoms with E-state index in [0.717, 1.165) is 52.2 Å². The second-order valence-electron chi connectivity index (χ2n) is 7.51. The Morgan fingerprint density at radius 3 is 2.71 bits per heavy atom. The fraction of sp³-hybridized carbons (Fsp3) is 0.778. The molecule has 6 heteroatoms. The first kappa shape index (κ1) is 16.1. The highest BCUT2D eigenvalue weighted by atomic mass is 16.5. The molecule has 4 rings (SSSR count). The summed E-state index contributed by atoms with van der Waals surface area (Å²) in [5.74, 6) is 0.642. The quantitative estimate of drug-likeness (QED) is 0.814. The number of likely N-dealkylation sites (tertiary alicyclic amines) is 1. The molecule has 1 aromatic heterocycles. The Hall–Kier alpha value is -1.40. The molecule has 2 aliphatic heterocycles. The highest BCUT2D eigenvalue weighted by Crippen LogP contribution is 2.28. The van der Waals surface area contributed by atoms with Crippen molar-refractivity contribution < 1.29 is 9.53 Å². The standard InChI is InChI=1S/C18H28N4O2/c1-13-11-22(12-16(13)21-7-9-24-10-8-21)18(23)17-14-5-3-4-6-15(14)20(2)19-17/h13,16H,3-12H2,1-2H3. The molecule has 0 saturated carbocycles. The summed E-state index contributed by atoms with van der Waals surface area (Å²) in [4.78, 5) is 17.6. The zero-order chi connectivity index (χ0) is 16.7. The van der Waals surface area contributed by atoms with Gasteiger partial charge in [0, 0.05) is 50.5 Å². The lowest BCUT2D eigenvalue weighted by Gasteiger charge is -2.33. The van der Waals surface area contributed by atoms with Gasteiger partial charge in [-0.1, -0.05) is 6.92 Å². The molecule has 2 fully saturated rings. The normalized spacial score (nSPS) is 28.2. The first-order valence-corrected chi connectivity index (χ1v) is 9.31. The number of rotatable bonds is 2. The van der Waals surface area contributed by atoms with Gasteiger partial charge in [-0.25, -0.2) is 0 Å². The van der Waals surface area contributed by atoms with E-state index >= 15 is 0 Å². The topological polar surface area (TPSA) is 50.6 Å². The molecule has 24 heavy (non-hydrogen) atoms. The predicted octanol–water partition coefficient (Wildman–Crippen LogP) is 1.09. The summed E-state index contributed by atoms with van der Waals surface area (Å²) >= 11 is 0. The molecule has 0 N–H and O–H groups in total. The number of aryl methyl sites for hydroxylation is 1. The summed E-state index contributed by atoms with van der Waals surface area (Å²) < 4.78 is 7.40. The minimum Gasteiger partial charge on any atom is -0.379 e. The van der Waals surface area contributed by atoms with Crippen LogP contribution in [0.2, 0.25) is 0 Å². The van der Waals surface area contributed by atoms with Crippen molar-refractivity contribution in [2.75, 3.05) is 39.4 Å². The second-order valence-corrected chi connectivity index (χ2v) is 7.51. The van der Waals surface area contributed by atoms with Gasteiger partial charge in [-0.05, 0) is 31.6 Å². The van der Waals surface area contributed by atoms with Crippen molar-refractivity contribution in [3.05, 3.63) is 17.0 Å². The van der Waals surface area contributed by atoms with Crippen LogP contribution >= 0.6 is 0 Å². The number of fused-ring (bicyclic) bond motifs is 1. The molecule has 0 bridgehead atoms. The van der Waals surface area contributed by atoms with Crippen LogP contribution in [0, 0.1) is 5.92 Å². The maximum absolute atomic E-state index is 13.1. The van der Waals surface area contributed by atoms with Gasteiger partial charge in [0.15, 0.2) is 5.69 Å². The van der Waals surface area contributed by atoms with Crippen molar-refractivity contribution in [1.29, 1.82) is 0 Å². The monoisotopic (exact) mass is 332 g/mol. The second kappa shape index (κ2) is 6.48. The Balaban J connectivity index is 1.51. The fourth-order valence-corrected chi connectivity index (χ4v) is 4.59. The Kier molecular flexibility index (Phi) is 4.35. The Bertz CT molecular complexity index is 621. The van der Waals surface area contributed by atoms with Gasteiger partial charge in [0.25, 0.3) is 5.91 Å². The van der Waals surface area contributed by atoms with Crippen LogP contribution in [-0.2, 0) is 24.6 Å². The maximum Gasteiger partial charge on any atom is 0.274 e. The lowest BCUT2D eigenvalue weighted by molar-refractivity contribution is 0.0119. The first-order chi connectivity index (χ1) is 11.6. The molecule has 2 atom stereocenters. The minimum atomic E-state index is 0.136. The van der Waals surface area contributed by atoms with E-state index in [1.54, 1.807) is 0 Å². The Labute approximate surface area is 143 Å². The summed E-state index contributed by atoms with van der Waals surface area (Å²) in [6.45, 7) is 7.51. The predicted molar refractivity (Wildman–Crippen MR) is 91.1 cm³/mol. The summed E-state index contributed by atoms with van der Waals surface area (Å²) in [7, 11) is 1.98. The van der Waals surface area contributed by atoms with Gasteiger partial charge in [-0.2, -0.15) is 5.10 Å². The molecule has 6 nitrogen and oxygen atoms in total. The molecule has 0 radical (unpaired) electrons. The molecule has 1 amide bonds. The number of hydrogen-bond donors (Lipinski definition) is 0. The first-order valence-electron chi connectivity index (χ1n) is 9.31. The average molecular weight is 332 g/mol. The zero-order valence-electron chi connectivity index (χ0n) is 14.8. The minimum absolute atomic E-state index is 0.136. The molecule has 0 spiro atoms. The van der Waals surface area contributed by atoms with Crippen LogP contribution in [0.1, 0.15) is 41.5 Å². The van der Waals surface area contributed by atoms with Crippen molar-refractivity contribution >= 4 is 5.91 Å². The third kappa shape index (κ3) is 2.75. The smallest absolute Gasteiger partial charge is 0.274 e. The summed E-state index contributed by atoms with van der Waals surface area (Å²) in [6, 6.07) is 0.456. The Morgan fingerprint density at radius 1 is 1.17 bits per heavy atom. The molecule has 132 valence electrons. The van der Waals surface area contributed by atoms with Gasteiger partial charge < -0.3 is 9.64 Å². The number of morpholine rings is 1. The van der Waals surface area contributed by atoms with Crippen molar-refractivity contribution in [3.63, 3.8) is 0 Å². The summed E-state index contributed by atoms with van der Waals surface area (Å²) in [5.41, 5.74) is 3.18. The molecular formula is C18H28N4O2. The van der Waals surface area contributed by atoms with Gasteiger partial charge in [-0.15, -0.1) is 0 Å². The number of carbonyl (C=O) groups excluding carboxylic acids is 1. The summed E-state index contributed by atoms with van der Waals surface area (Å²) in [5, 5.41) is 4.59. The highest BCUT2D eigenvalue weighted by Gasteiger charge is 2.38. The van der Waals surface area contributed by atoms with E-state index in [2.05, 4.69) is 16.9 Å². The van der Waals surface area contributed by atoms with Crippen LogP contribution in [0.4, 0.5) is 0 Å². The van der Waals surface area contributed by atoms with Gasteiger partial charge in [0.05, 0.1) is 13.2 Å². The molecule has 1 aromatic rings. The third-order valence-electron chi connectivity index (χ3n) is 5.94. The van der Waals surface area contributed by atoms with Crippen molar-refractivity contribution in [1.82, 2.24) is 19.6 Å². The van der Waals surface area contributed by atoms with E-state index in [1.165, 1.54) is 24.1 Å². The van der Waals surface area contributed by atoms with E-state index in [-0.39, 0.29) is 5.91 Å². The summed E-state index contributed by atoms with van der Waals surface area (Å²) in [6.07, 6.45) is 4.44. The third-order valence-corrected chi connectivity index (χ3v) is 5.94. The highest BCUT2D eigenvalue weighted by molar-refractivity contribution is 5.94. The molecule has 3 aliphatic rings. The molecule has 2 saturated heterocycles. The number of amides is 1. The van der Waals surface area contributed by atoms with Crippen molar-refractivity contribution in [2.45, 2.75) is 38.6 Å². The number of hydrogen-bond acceptors (Lipinski definition) is 4. The zero-order valence-corrected chi connectivity index (χ0v) is 14.8. The molecule has 1 aliphatic carbocycles. The maximum atomic E-state index is 13.1. The van der Waals surface area contributed by atoms with E-state index < -0.39 is 0 Å². The molecule has 3 heterocycles. The van der Waals surface area contributed by atoms with Crippen LogP contribution in [0.25, 0.3) is 0 Å². The lowest BCUT2D eigenvalue weighted by atomic mass is 9.95. The van der Waals surface area contributed by atoms with Crippen LogP contribution in [0.15, 0.2) is 0 Å². The van der Waals surface area contributed by atoms with Gasteiger partial charge in [0.1, 0.15) is 0 Å². The van der Waals surface area contributed by atoms with E-state index in [4.69, 9.17) is 4.74 Å². The van der Waals surface area contributed by atoms with Gasteiger partial charge in [0.2, 0.25) is 0 Å². The van der Waals surface area contributed by atoms with Gasteiger partial charge >= 0.3 is 0 Å². The molecule has 2 unspecified atom stereocenters. The van der Waals surface area contributed by atoms with Crippen LogP contribution in [0.3, 0.4) is 0 Å². The van der Waals surface area contributed by atoms with Crippen LogP contribution in [-0.4, -0.2) is 70.9 Å². The molecular weight excluding hydrogens is 304 g/mol. The number of carbonyl (C=O) groups is 1. The van der Waals surface area contributed by atoms with E-state index in [0.29, 0.717) is 17.7 Å². The number of aromatic nitrogens is 2. The van der Waals surface area contributed by atoms with Crippen LogP contribution < -0.4 is 0 Å². The van der Waals surface area contributed by atoms with E-state index in [1.807, 2.05) is 16.6 Å². The average Bonchev–Trinajstić information content (AvgIpc) is 3.16. The number of nitrogens with zero attached hydrogens (tertiary/aromatic N) is 4. The van der Waals surface area contributed by atoms with E-state index in [9.17, 15) is 4.79 Å². The van der Waals surface area contributed by atoms with Gasteiger partial charge in [-0.3, -0.25) is 14.4 Å². The van der Waals surface area contributed by atoms with Crippen molar-refractivity contribution in [2.24, 2.45) is 13.0 Å². The Morgan fingerprint density at radius 2 is 1.92 bits per heavy atom.